The van der Waals surface area contributed by atoms with Crippen LogP contribution < -0.4 is 32.3 Å². The minimum absolute atomic E-state index is 0.0333. The van der Waals surface area contributed by atoms with Gasteiger partial charge in [0.2, 0.25) is 35.4 Å². The number of primary amides is 1. The van der Waals surface area contributed by atoms with E-state index < -0.39 is 84.0 Å². The Morgan fingerprint density at radius 3 is 1.57 bits per heavy atom. The van der Waals surface area contributed by atoms with Gasteiger partial charge in [0, 0.05) is 24.8 Å². The molecule has 5 atom stereocenters. The molecule has 0 unspecified atom stereocenters. The number of nitrogens with two attached hydrogens (primary N) is 1. The van der Waals surface area contributed by atoms with Crippen LogP contribution in [0.3, 0.4) is 0 Å². The van der Waals surface area contributed by atoms with Crippen LogP contribution in [0.4, 0.5) is 0 Å². The molecule has 0 aliphatic heterocycles. The molecule has 6 amide bonds. The van der Waals surface area contributed by atoms with E-state index in [4.69, 9.17) is 17.3 Å². The number of aliphatic carboxylic acids is 2. The van der Waals surface area contributed by atoms with Crippen LogP contribution in [0.25, 0.3) is 0 Å². The molecule has 0 bridgehead atoms. The average molecular weight is 711 g/mol. The topological polar surface area (TPSA) is 263 Å². The molecule has 1 rings (SSSR count). The maximum Gasteiger partial charge on any atom is 0.326 e. The summed E-state index contributed by atoms with van der Waals surface area (Å²) in [6.45, 7) is 8.15. The Bertz CT molecular complexity index is 1370. The number of carboxylic acids is 2. The summed E-state index contributed by atoms with van der Waals surface area (Å²) < 4.78 is 0. The summed E-state index contributed by atoms with van der Waals surface area (Å²) in [6, 6.07) is -0.463. The quantitative estimate of drug-likeness (QED) is 0.0862. The minimum Gasteiger partial charge on any atom is -0.481 e. The van der Waals surface area contributed by atoms with Crippen LogP contribution in [0.5, 0.6) is 0 Å². The molecule has 0 fully saturated rings. The maximum absolute atomic E-state index is 13.4. The summed E-state index contributed by atoms with van der Waals surface area (Å²) in [4.78, 5) is 99.9. The van der Waals surface area contributed by atoms with Gasteiger partial charge in [-0.15, -0.1) is 0 Å². The Balaban J connectivity index is 3.23. The lowest BCUT2D eigenvalue weighted by Gasteiger charge is -2.27. The van der Waals surface area contributed by atoms with Crippen molar-refractivity contribution >= 4 is 59.0 Å². The largest absolute Gasteiger partial charge is 0.481 e. The van der Waals surface area contributed by atoms with Gasteiger partial charge in [-0.2, -0.15) is 0 Å². The lowest BCUT2D eigenvalue weighted by Crippen LogP contribution is -2.59. The molecular weight excluding hydrogens is 664 g/mol. The Hall–Kier alpha value is -4.73. The van der Waals surface area contributed by atoms with Crippen LogP contribution in [0, 0.1) is 11.8 Å². The molecule has 0 spiro atoms. The fourth-order valence-corrected chi connectivity index (χ4v) is 4.98. The Morgan fingerprint density at radius 1 is 0.694 bits per heavy atom. The SMILES string of the molecule is CC(=O)N[C@@H](CCC(N)=O)C(=O)N[C@@H](CC(C)C)C(=O)N[C@@H](CC(=O)O)C(=O)N[C@@H](CC(C)C)C(=O)N[C@@H](Cc1ccccc1Cl)C(=O)O. The number of carboxylic acid groups (broad SMARTS) is 2. The molecular formula is C32H47ClN6O10. The zero-order chi connectivity index (χ0) is 37.4. The molecule has 17 heteroatoms. The van der Waals surface area contributed by atoms with Crippen molar-refractivity contribution in [1.82, 2.24) is 26.6 Å². The van der Waals surface area contributed by atoms with Crippen molar-refractivity contribution in [3.05, 3.63) is 34.9 Å². The number of halogens is 1. The van der Waals surface area contributed by atoms with Gasteiger partial charge in [-0.05, 0) is 42.7 Å². The van der Waals surface area contributed by atoms with Crippen molar-refractivity contribution in [1.29, 1.82) is 0 Å². The minimum atomic E-state index is -1.71. The lowest BCUT2D eigenvalue weighted by molar-refractivity contribution is -0.143. The van der Waals surface area contributed by atoms with E-state index in [1.54, 1.807) is 52.0 Å². The van der Waals surface area contributed by atoms with Crippen LogP contribution in [-0.2, 0) is 44.8 Å². The predicted octanol–water partition coefficient (Wildman–Crippen LogP) is 0.243. The van der Waals surface area contributed by atoms with E-state index in [1.165, 1.54) is 0 Å². The fraction of sp³-hybridized carbons (Fsp3) is 0.562. The van der Waals surface area contributed by atoms with Crippen molar-refractivity contribution in [2.45, 2.75) is 103 Å². The van der Waals surface area contributed by atoms with Gasteiger partial charge in [0.25, 0.3) is 0 Å². The number of amides is 6. The van der Waals surface area contributed by atoms with Gasteiger partial charge in [0.05, 0.1) is 6.42 Å². The molecule has 0 aromatic heterocycles. The maximum atomic E-state index is 13.4. The van der Waals surface area contributed by atoms with Gasteiger partial charge in [-0.25, -0.2) is 4.79 Å². The third-order valence-electron chi connectivity index (χ3n) is 7.06. The van der Waals surface area contributed by atoms with Gasteiger partial charge in [-0.1, -0.05) is 57.5 Å². The molecule has 49 heavy (non-hydrogen) atoms. The standard InChI is InChI=1S/C32H47ClN6O10/c1-16(2)12-22(36-28(44)21(35-18(5)40)10-11-26(34)41)29(45)38-24(15-27(42)43)31(47)37-23(13-17(3)4)30(46)39-25(32(48)49)14-19-8-6-7-9-20(19)33/h6-9,16-17,21-25H,10-15H2,1-5H3,(H2,34,41)(H,35,40)(H,36,44)(H,37,47)(H,38,45)(H,39,46)(H,42,43)(H,48,49)/t21-,22-,23-,24-,25-/m0/s1. The second kappa shape index (κ2) is 20.6. The molecule has 0 saturated carbocycles. The molecule has 0 radical (unpaired) electrons. The second-order valence-corrected chi connectivity index (χ2v) is 12.9. The monoisotopic (exact) mass is 710 g/mol. The predicted molar refractivity (Wildman–Crippen MR) is 178 cm³/mol. The molecule has 1 aromatic carbocycles. The first-order valence-electron chi connectivity index (χ1n) is 15.7. The van der Waals surface area contributed by atoms with Gasteiger partial charge < -0.3 is 42.5 Å². The van der Waals surface area contributed by atoms with Gasteiger partial charge in [0.1, 0.15) is 30.2 Å². The molecule has 1 aromatic rings. The average Bonchev–Trinajstić information content (AvgIpc) is 2.97. The van der Waals surface area contributed by atoms with Gasteiger partial charge in [0.15, 0.2) is 0 Å². The van der Waals surface area contributed by atoms with Crippen LogP contribution in [0.1, 0.15) is 72.3 Å². The van der Waals surface area contributed by atoms with E-state index in [9.17, 15) is 48.6 Å². The van der Waals surface area contributed by atoms with Crippen LogP contribution in [0.15, 0.2) is 24.3 Å². The number of nitrogens with one attached hydrogen (secondary N) is 5. The zero-order valence-corrected chi connectivity index (χ0v) is 29.0. The van der Waals surface area contributed by atoms with Crippen molar-refractivity contribution in [3.63, 3.8) is 0 Å². The van der Waals surface area contributed by atoms with Crippen LogP contribution in [0.2, 0.25) is 5.02 Å². The first-order valence-corrected chi connectivity index (χ1v) is 16.1. The highest BCUT2D eigenvalue weighted by atomic mass is 35.5. The van der Waals surface area contributed by atoms with Crippen LogP contribution >= 0.6 is 11.6 Å². The highest BCUT2D eigenvalue weighted by Gasteiger charge is 2.34. The third-order valence-corrected chi connectivity index (χ3v) is 7.43. The second-order valence-electron chi connectivity index (χ2n) is 12.5. The number of hydrogen-bond donors (Lipinski definition) is 8. The van der Waals surface area contributed by atoms with Gasteiger partial charge >= 0.3 is 11.9 Å². The number of hydrogen-bond acceptors (Lipinski definition) is 8. The normalized spacial score (nSPS) is 14.0. The number of benzene rings is 1. The highest BCUT2D eigenvalue weighted by molar-refractivity contribution is 6.31. The van der Waals surface area contributed by atoms with E-state index >= 15 is 0 Å². The molecule has 16 nitrogen and oxygen atoms in total. The third kappa shape index (κ3) is 16.3. The molecule has 0 aliphatic rings. The fourth-order valence-electron chi connectivity index (χ4n) is 4.76. The number of carbonyl (C=O) groups is 8. The van der Waals surface area contributed by atoms with Crippen molar-refractivity contribution in [2.75, 3.05) is 0 Å². The van der Waals surface area contributed by atoms with E-state index in [0.29, 0.717) is 10.6 Å². The highest BCUT2D eigenvalue weighted by Crippen LogP contribution is 2.17. The molecule has 9 N–H and O–H groups in total. The first kappa shape index (κ1) is 42.3. The summed E-state index contributed by atoms with van der Waals surface area (Å²) in [6.07, 6.45) is -1.37. The Labute approximate surface area is 289 Å². The summed E-state index contributed by atoms with van der Waals surface area (Å²) in [5.74, 6) is -8.10. The zero-order valence-electron chi connectivity index (χ0n) is 28.2. The van der Waals surface area contributed by atoms with E-state index in [0.717, 1.165) is 6.92 Å². The molecule has 0 heterocycles. The number of rotatable bonds is 21. The Morgan fingerprint density at radius 2 is 1.14 bits per heavy atom. The van der Waals surface area contributed by atoms with E-state index in [1.807, 2.05) is 0 Å². The molecule has 272 valence electrons. The van der Waals surface area contributed by atoms with E-state index in [-0.39, 0.29) is 43.9 Å². The van der Waals surface area contributed by atoms with Crippen molar-refractivity contribution < 1.29 is 48.6 Å². The number of carbonyl (C=O) groups excluding carboxylic acids is 6. The Kier molecular flexibility index (Phi) is 17.8. The lowest BCUT2D eigenvalue weighted by atomic mass is 10.00. The first-order chi connectivity index (χ1) is 22.8. The summed E-state index contributed by atoms with van der Waals surface area (Å²) in [5.41, 5.74) is 5.64. The summed E-state index contributed by atoms with van der Waals surface area (Å²) >= 11 is 6.16. The molecule has 0 aliphatic carbocycles. The van der Waals surface area contributed by atoms with Crippen molar-refractivity contribution in [3.8, 4) is 0 Å². The van der Waals surface area contributed by atoms with Crippen LogP contribution in [-0.4, -0.2) is 87.8 Å². The molecule has 0 saturated heterocycles. The van der Waals surface area contributed by atoms with Crippen molar-refractivity contribution in [2.24, 2.45) is 17.6 Å². The summed E-state index contributed by atoms with van der Waals surface area (Å²) in [7, 11) is 0. The summed E-state index contributed by atoms with van der Waals surface area (Å²) in [5, 5.41) is 31.7. The van der Waals surface area contributed by atoms with E-state index in [2.05, 4.69) is 26.6 Å². The smallest absolute Gasteiger partial charge is 0.326 e. The van der Waals surface area contributed by atoms with Gasteiger partial charge in [-0.3, -0.25) is 33.6 Å².